The number of halogens is 1. The fourth-order valence-electron chi connectivity index (χ4n) is 3.98. The van der Waals surface area contributed by atoms with E-state index in [1.807, 2.05) is 54.2 Å². The lowest BCUT2D eigenvalue weighted by atomic mass is 10.0. The number of rotatable bonds is 5. The lowest BCUT2D eigenvalue weighted by Gasteiger charge is -2.28. The molecule has 2 heterocycles. The second-order valence-corrected chi connectivity index (χ2v) is 7.19. The van der Waals surface area contributed by atoms with Crippen molar-refractivity contribution in [2.75, 3.05) is 19.6 Å². The molecule has 0 radical (unpaired) electrons. The Morgan fingerprint density at radius 3 is 2.59 bits per heavy atom. The standard InChI is InChI=1S/C22H24FN3O/c1-25-14-11-18-19(5-4-6-20(18)25)22(27)24-15-21(26-12-2-3-13-26)16-7-9-17(23)10-8-16/h4-11,14,21H,2-3,12-13,15H2,1H3,(H,24,27). The van der Waals surface area contributed by atoms with Gasteiger partial charge in [0.25, 0.3) is 5.91 Å². The molecule has 0 saturated carbocycles. The number of benzene rings is 2. The molecule has 27 heavy (non-hydrogen) atoms. The van der Waals surface area contributed by atoms with Gasteiger partial charge < -0.3 is 9.88 Å². The van der Waals surface area contributed by atoms with Crippen molar-refractivity contribution in [3.8, 4) is 0 Å². The maximum Gasteiger partial charge on any atom is 0.252 e. The minimum atomic E-state index is -0.237. The third-order valence-electron chi connectivity index (χ3n) is 5.46. The van der Waals surface area contributed by atoms with Crippen molar-refractivity contribution >= 4 is 16.8 Å². The fourth-order valence-corrected chi connectivity index (χ4v) is 3.98. The SMILES string of the molecule is Cn1ccc2c(C(=O)NCC(c3ccc(F)cc3)N3CCCC3)cccc21. The van der Waals surface area contributed by atoms with Crippen LogP contribution in [0.3, 0.4) is 0 Å². The van der Waals surface area contributed by atoms with Crippen molar-refractivity contribution < 1.29 is 9.18 Å². The summed E-state index contributed by atoms with van der Waals surface area (Å²) in [6.07, 6.45) is 4.29. The summed E-state index contributed by atoms with van der Waals surface area (Å²) in [7, 11) is 1.97. The first-order chi connectivity index (χ1) is 13.1. The van der Waals surface area contributed by atoms with E-state index in [4.69, 9.17) is 0 Å². The Kier molecular flexibility index (Phi) is 4.94. The first-order valence-electron chi connectivity index (χ1n) is 9.45. The van der Waals surface area contributed by atoms with Gasteiger partial charge in [-0.3, -0.25) is 9.69 Å². The molecule has 0 bridgehead atoms. The van der Waals surface area contributed by atoms with Crippen molar-refractivity contribution in [2.45, 2.75) is 18.9 Å². The summed E-state index contributed by atoms with van der Waals surface area (Å²) in [4.78, 5) is 15.2. The number of likely N-dealkylation sites (tertiary alicyclic amines) is 1. The molecule has 0 spiro atoms. The zero-order valence-electron chi connectivity index (χ0n) is 15.5. The van der Waals surface area contributed by atoms with E-state index >= 15 is 0 Å². The summed E-state index contributed by atoms with van der Waals surface area (Å²) in [5.41, 5.74) is 2.76. The van der Waals surface area contributed by atoms with Crippen molar-refractivity contribution in [3.05, 3.63) is 71.7 Å². The molecule has 1 N–H and O–H groups in total. The third kappa shape index (κ3) is 3.60. The van der Waals surface area contributed by atoms with Gasteiger partial charge in [0, 0.05) is 36.3 Å². The van der Waals surface area contributed by atoms with Gasteiger partial charge >= 0.3 is 0 Å². The molecule has 140 valence electrons. The minimum Gasteiger partial charge on any atom is -0.351 e. The van der Waals surface area contributed by atoms with E-state index in [-0.39, 0.29) is 17.8 Å². The number of nitrogens with zero attached hydrogens (tertiary/aromatic N) is 2. The van der Waals surface area contributed by atoms with E-state index in [0.29, 0.717) is 12.1 Å². The van der Waals surface area contributed by atoms with E-state index in [1.165, 1.54) is 12.1 Å². The normalized spacial score (nSPS) is 15.9. The zero-order valence-corrected chi connectivity index (χ0v) is 15.5. The largest absolute Gasteiger partial charge is 0.351 e. The van der Waals surface area contributed by atoms with Gasteiger partial charge in [-0.15, -0.1) is 0 Å². The van der Waals surface area contributed by atoms with E-state index in [2.05, 4.69) is 10.2 Å². The Hall–Kier alpha value is -2.66. The summed E-state index contributed by atoms with van der Waals surface area (Å²) in [5.74, 6) is -0.308. The van der Waals surface area contributed by atoms with E-state index < -0.39 is 0 Å². The van der Waals surface area contributed by atoms with Gasteiger partial charge in [0.05, 0.1) is 6.04 Å². The lowest BCUT2D eigenvalue weighted by Crippen LogP contribution is -2.36. The summed E-state index contributed by atoms with van der Waals surface area (Å²) >= 11 is 0. The van der Waals surface area contributed by atoms with Gasteiger partial charge in [-0.25, -0.2) is 4.39 Å². The Balaban J connectivity index is 1.54. The molecular weight excluding hydrogens is 341 g/mol. The Labute approximate surface area is 158 Å². The topological polar surface area (TPSA) is 37.3 Å². The maximum absolute atomic E-state index is 13.3. The summed E-state index contributed by atoms with van der Waals surface area (Å²) in [6.45, 7) is 2.52. The molecule has 3 aromatic rings. The number of hydrogen-bond acceptors (Lipinski definition) is 2. The predicted molar refractivity (Wildman–Crippen MR) is 105 cm³/mol. The molecule has 1 aliphatic rings. The van der Waals surface area contributed by atoms with Crippen LogP contribution in [-0.4, -0.2) is 35.0 Å². The molecule has 2 aromatic carbocycles. The summed E-state index contributed by atoms with van der Waals surface area (Å²) in [6, 6.07) is 14.4. The van der Waals surface area contributed by atoms with Crippen LogP contribution in [0.2, 0.25) is 0 Å². The van der Waals surface area contributed by atoms with Crippen molar-refractivity contribution in [1.29, 1.82) is 0 Å². The number of aryl methyl sites for hydroxylation is 1. The quantitative estimate of drug-likeness (QED) is 0.745. The Bertz CT molecular complexity index is 942. The van der Waals surface area contributed by atoms with Crippen LogP contribution >= 0.6 is 0 Å². The highest BCUT2D eigenvalue weighted by Crippen LogP contribution is 2.25. The van der Waals surface area contributed by atoms with E-state index in [9.17, 15) is 9.18 Å². The average Bonchev–Trinajstić information content (AvgIpc) is 3.34. The van der Waals surface area contributed by atoms with Gasteiger partial charge in [0.1, 0.15) is 5.82 Å². The molecule has 5 heteroatoms. The number of carbonyl (C=O) groups is 1. The fraction of sp³-hybridized carbons (Fsp3) is 0.318. The molecule has 0 aliphatic carbocycles. The van der Waals surface area contributed by atoms with Crippen LogP contribution in [0.25, 0.3) is 10.9 Å². The third-order valence-corrected chi connectivity index (χ3v) is 5.46. The van der Waals surface area contributed by atoms with Crippen molar-refractivity contribution in [2.24, 2.45) is 7.05 Å². The minimum absolute atomic E-state index is 0.0621. The number of carbonyl (C=O) groups excluding carboxylic acids is 1. The second kappa shape index (κ2) is 7.53. The van der Waals surface area contributed by atoms with Crippen LogP contribution in [-0.2, 0) is 7.05 Å². The Morgan fingerprint density at radius 1 is 1.11 bits per heavy atom. The molecule has 1 fully saturated rings. The zero-order chi connectivity index (χ0) is 18.8. The van der Waals surface area contributed by atoms with E-state index in [0.717, 1.165) is 42.4 Å². The Morgan fingerprint density at radius 2 is 1.85 bits per heavy atom. The highest BCUT2D eigenvalue weighted by molar-refractivity contribution is 6.06. The van der Waals surface area contributed by atoms with E-state index in [1.54, 1.807) is 0 Å². The number of nitrogens with one attached hydrogen (secondary N) is 1. The number of aromatic nitrogens is 1. The number of amides is 1. The van der Waals surface area contributed by atoms with Gasteiger partial charge in [-0.1, -0.05) is 18.2 Å². The molecule has 1 atom stereocenters. The molecule has 4 rings (SSSR count). The number of hydrogen-bond donors (Lipinski definition) is 1. The summed E-state index contributed by atoms with van der Waals surface area (Å²) in [5, 5.41) is 4.06. The average molecular weight is 365 g/mol. The molecule has 1 unspecified atom stereocenters. The smallest absolute Gasteiger partial charge is 0.252 e. The second-order valence-electron chi connectivity index (χ2n) is 7.19. The van der Waals surface area contributed by atoms with Gasteiger partial charge in [-0.05, 0) is 61.8 Å². The molecule has 4 nitrogen and oxygen atoms in total. The molecule has 1 aromatic heterocycles. The van der Waals surface area contributed by atoms with Crippen LogP contribution in [0.4, 0.5) is 4.39 Å². The van der Waals surface area contributed by atoms with Gasteiger partial charge in [0.15, 0.2) is 0 Å². The molecule has 1 aliphatic heterocycles. The predicted octanol–water partition coefficient (Wildman–Crippen LogP) is 3.88. The molecule has 1 amide bonds. The maximum atomic E-state index is 13.3. The first kappa shape index (κ1) is 17.7. The van der Waals surface area contributed by atoms with Crippen LogP contribution in [0, 0.1) is 5.82 Å². The monoisotopic (exact) mass is 365 g/mol. The highest BCUT2D eigenvalue weighted by Gasteiger charge is 2.24. The van der Waals surface area contributed by atoms with Gasteiger partial charge in [-0.2, -0.15) is 0 Å². The van der Waals surface area contributed by atoms with Crippen molar-refractivity contribution in [1.82, 2.24) is 14.8 Å². The van der Waals surface area contributed by atoms with Crippen molar-refractivity contribution in [3.63, 3.8) is 0 Å². The number of fused-ring (bicyclic) bond motifs is 1. The lowest BCUT2D eigenvalue weighted by molar-refractivity contribution is 0.0939. The van der Waals surface area contributed by atoms with Crippen LogP contribution in [0.1, 0.15) is 34.8 Å². The molecule has 1 saturated heterocycles. The first-order valence-corrected chi connectivity index (χ1v) is 9.45. The van der Waals surface area contributed by atoms with Crippen LogP contribution < -0.4 is 5.32 Å². The van der Waals surface area contributed by atoms with Crippen LogP contribution in [0.5, 0.6) is 0 Å². The van der Waals surface area contributed by atoms with Gasteiger partial charge in [0.2, 0.25) is 0 Å². The highest BCUT2D eigenvalue weighted by atomic mass is 19.1. The molecular formula is C22H24FN3O. The summed E-state index contributed by atoms with van der Waals surface area (Å²) < 4.78 is 15.3. The van der Waals surface area contributed by atoms with Crippen LogP contribution in [0.15, 0.2) is 54.7 Å².